The normalized spacial score (nSPS) is 13.9. The van der Waals surface area contributed by atoms with Crippen molar-refractivity contribution in [2.75, 3.05) is 7.11 Å². The van der Waals surface area contributed by atoms with E-state index in [0.717, 1.165) is 19.3 Å². The third kappa shape index (κ3) is 2.71. The minimum Gasteiger partial charge on any atom is -0.469 e. The molecule has 0 fully saturated rings. The molecular formula is C11H22O2. The van der Waals surface area contributed by atoms with Crippen LogP contribution in [0.25, 0.3) is 0 Å². The average Bonchev–Trinajstić information content (AvgIpc) is 2.18. The summed E-state index contributed by atoms with van der Waals surface area (Å²) in [5.41, 5.74) is 0.0991. The Morgan fingerprint density at radius 1 is 1.31 bits per heavy atom. The summed E-state index contributed by atoms with van der Waals surface area (Å²) in [5, 5.41) is 0. The van der Waals surface area contributed by atoms with Crippen molar-refractivity contribution in [3.05, 3.63) is 0 Å². The minimum absolute atomic E-state index is 0.0486. The lowest BCUT2D eigenvalue weighted by Crippen LogP contribution is -2.33. The van der Waals surface area contributed by atoms with Gasteiger partial charge in [0.1, 0.15) is 0 Å². The highest BCUT2D eigenvalue weighted by atomic mass is 16.5. The van der Waals surface area contributed by atoms with Crippen LogP contribution in [0.15, 0.2) is 0 Å². The molecule has 0 aliphatic heterocycles. The fourth-order valence-corrected chi connectivity index (χ4v) is 1.83. The molecule has 2 nitrogen and oxygen atoms in total. The molecule has 0 saturated carbocycles. The largest absolute Gasteiger partial charge is 0.469 e. The van der Waals surface area contributed by atoms with E-state index in [9.17, 15) is 4.79 Å². The van der Waals surface area contributed by atoms with E-state index < -0.39 is 0 Å². The molecule has 0 heterocycles. The van der Waals surface area contributed by atoms with Crippen molar-refractivity contribution in [1.29, 1.82) is 0 Å². The van der Waals surface area contributed by atoms with Crippen molar-refractivity contribution in [3.63, 3.8) is 0 Å². The van der Waals surface area contributed by atoms with E-state index in [4.69, 9.17) is 4.74 Å². The molecule has 0 amide bonds. The third-order valence-corrected chi connectivity index (χ3v) is 3.35. The highest BCUT2D eigenvalue weighted by molar-refractivity contribution is 5.73. The molecule has 0 aliphatic carbocycles. The van der Waals surface area contributed by atoms with E-state index in [-0.39, 0.29) is 17.3 Å². The molecule has 0 aliphatic rings. The molecule has 0 radical (unpaired) electrons. The number of carbonyl (C=O) groups excluding carboxylic acids is 1. The molecule has 0 saturated heterocycles. The predicted molar refractivity (Wildman–Crippen MR) is 54.5 cm³/mol. The third-order valence-electron chi connectivity index (χ3n) is 3.35. The van der Waals surface area contributed by atoms with Crippen molar-refractivity contribution in [1.82, 2.24) is 0 Å². The molecule has 0 aromatic rings. The average molecular weight is 186 g/mol. The fourth-order valence-electron chi connectivity index (χ4n) is 1.83. The SMILES string of the molecule is CCC(C(=O)OC)C(C)(CC)CC. The highest BCUT2D eigenvalue weighted by Gasteiger charge is 2.35. The highest BCUT2D eigenvalue weighted by Crippen LogP contribution is 2.37. The molecule has 0 bridgehead atoms. The Morgan fingerprint density at radius 3 is 2.00 bits per heavy atom. The summed E-state index contributed by atoms with van der Waals surface area (Å²) in [6, 6.07) is 0. The van der Waals surface area contributed by atoms with Gasteiger partial charge in [-0.2, -0.15) is 0 Å². The van der Waals surface area contributed by atoms with Gasteiger partial charge in [0.25, 0.3) is 0 Å². The lowest BCUT2D eigenvalue weighted by atomic mass is 9.72. The van der Waals surface area contributed by atoms with E-state index in [1.807, 2.05) is 6.92 Å². The minimum atomic E-state index is -0.0614. The Balaban J connectivity index is 4.62. The van der Waals surface area contributed by atoms with Crippen LogP contribution in [0, 0.1) is 11.3 Å². The number of hydrogen-bond donors (Lipinski definition) is 0. The monoisotopic (exact) mass is 186 g/mol. The molecule has 0 N–H and O–H groups in total. The smallest absolute Gasteiger partial charge is 0.309 e. The van der Waals surface area contributed by atoms with Crippen molar-refractivity contribution >= 4 is 5.97 Å². The summed E-state index contributed by atoms with van der Waals surface area (Å²) in [6.45, 7) is 8.48. The van der Waals surface area contributed by atoms with Gasteiger partial charge in [-0.05, 0) is 24.7 Å². The van der Waals surface area contributed by atoms with E-state index in [0.29, 0.717) is 0 Å². The first-order valence-corrected chi connectivity index (χ1v) is 5.13. The summed E-state index contributed by atoms with van der Waals surface area (Å²) in [4.78, 5) is 11.5. The first-order chi connectivity index (χ1) is 6.05. The number of rotatable bonds is 5. The number of ether oxygens (including phenoxy) is 1. The van der Waals surface area contributed by atoms with Gasteiger partial charge in [-0.1, -0.05) is 27.7 Å². The summed E-state index contributed by atoms with van der Waals surface area (Å²) < 4.78 is 4.81. The Hall–Kier alpha value is -0.530. The molecular weight excluding hydrogens is 164 g/mol. The number of hydrogen-bond acceptors (Lipinski definition) is 2. The zero-order chi connectivity index (χ0) is 10.5. The van der Waals surface area contributed by atoms with Crippen LogP contribution in [0.2, 0.25) is 0 Å². The zero-order valence-corrected chi connectivity index (χ0v) is 9.52. The van der Waals surface area contributed by atoms with Gasteiger partial charge in [-0.25, -0.2) is 0 Å². The van der Waals surface area contributed by atoms with Crippen LogP contribution in [-0.4, -0.2) is 13.1 Å². The van der Waals surface area contributed by atoms with Gasteiger partial charge in [0.2, 0.25) is 0 Å². The number of esters is 1. The van der Waals surface area contributed by atoms with Crippen LogP contribution in [0.5, 0.6) is 0 Å². The Morgan fingerprint density at radius 2 is 1.77 bits per heavy atom. The van der Waals surface area contributed by atoms with E-state index in [1.54, 1.807) is 0 Å². The van der Waals surface area contributed by atoms with E-state index in [2.05, 4.69) is 20.8 Å². The number of carbonyl (C=O) groups is 1. The molecule has 2 heteroatoms. The molecule has 1 atom stereocenters. The second-order valence-electron chi connectivity index (χ2n) is 3.85. The topological polar surface area (TPSA) is 26.3 Å². The van der Waals surface area contributed by atoms with Crippen LogP contribution < -0.4 is 0 Å². The molecule has 0 aromatic heterocycles. The molecule has 0 spiro atoms. The molecule has 0 aromatic carbocycles. The molecule has 0 rings (SSSR count). The van der Waals surface area contributed by atoms with Crippen LogP contribution in [0.1, 0.15) is 47.0 Å². The van der Waals surface area contributed by atoms with Crippen LogP contribution in [0.4, 0.5) is 0 Å². The van der Waals surface area contributed by atoms with Gasteiger partial charge in [0.15, 0.2) is 0 Å². The standard InChI is InChI=1S/C11H22O2/c1-6-9(10(12)13-5)11(4,7-2)8-3/h9H,6-8H2,1-5H3. The Kier molecular flexibility index (Phi) is 5.04. The summed E-state index contributed by atoms with van der Waals surface area (Å²) in [7, 11) is 1.47. The van der Waals surface area contributed by atoms with Gasteiger partial charge >= 0.3 is 5.97 Å². The quantitative estimate of drug-likeness (QED) is 0.617. The number of methoxy groups -OCH3 is 1. The zero-order valence-electron chi connectivity index (χ0n) is 9.52. The van der Waals surface area contributed by atoms with Gasteiger partial charge < -0.3 is 4.74 Å². The lowest BCUT2D eigenvalue weighted by molar-refractivity contribution is -0.150. The summed E-state index contributed by atoms with van der Waals surface area (Å²) in [6.07, 6.45) is 2.92. The van der Waals surface area contributed by atoms with Crippen molar-refractivity contribution in [3.8, 4) is 0 Å². The summed E-state index contributed by atoms with van der Waals surface area (Å²) >= 11 is 0. The Labute approximate surface area is 81.7 Å². The van der Waals surface area contributed by atoms with Crippen LogP contribution in [0.3, 0.4) is 0 Å². The van der Waals surface area contributed by atoms with Gasteiger partial charge in [-0.15, -0.1) is 0 Å². The fraction of sp³-hybridized carbons (Fsp3) is 0.909. The van der Waals surface area contributed by atoms with Gasteiger partial charge in [-0.3, -0.25) is 4.79 Å². The molecule has 78 valence electrons. The maximum Gasteiger partial charge on any atom is 0.309 e. The maximum atomic E-state index is 11.5. The van der Waals surface area contributed by atoms with E-state index in [1.165, 1.54) is 7.11 Å². The lowest BCUT2D eigenvalue weighted by Gasteiger charge is -2.33. The van der Waals surface area contributed by atoms with Gasteiger partial charge in [0, 0.05) is 0 Å². The van der Waals surface area contributed by atoms with Crippen molar-refractivity contribution in [2.45, 2.75) is 47.0 Å². The first kappa shape index (κ1) is 12.5. The Bertz CT molecular complexity index is 159. The summed E-state index contributed by atoms with van der Waals surface area (Å²) in [5.74, 6) is -0.0128. The second kappa shape index (κ2) is 5.25. The van der Waals surface area contributed by atoms with Crippen molar-refractivity contribution in [2.24, 2.45) is 11.3 Å². The van der Waals surface area contributed by atoms with Crippen LogP contribution in [-0.2, 0) is 9.53 Å². The first-order valence-electron chi connectivity index (χ1n) is 5.13. The van der Waals surface area contributed by atoms with Gasteiger partial charge in [0.05, 0.1) is 13.0 Å². The molecule has 1 unspecified atom stereocenters. The maximum absolute atomic E-state index is 11.5. The second-order valence-corrected chi connectivity index (χ2v) is 3.85. The van der Waals surface area contributed by atoms with E-state index >= 15 is 0 Å². The van der Waals surface area contributed by atoms with Crippen LogP contribution >= 0.6 is 0 Å². The predicted octanol–water partition coefficient (Wildman–Crippen LogP) is 3.01. The van der Waals surface area contributed by atoms with Crippen molar-refractivity contribution < 1.29 is 9.53 Å². The molecule has 13 heavy (non-hydrogen) atoms.